The first-order valence-corrected chi connectivity index (χ1v) is 7.50. The first-order valence-electron chi connectivity index (χ1n) is 5.61. The number of hydrogen-bond donors (Lipinski definition) is 2. The molecule has 0 aliphatic carbocycles. The number of aliphatic carboxylic acids is 1. The van der Waals surface area contributed by atoms with Gasteiger partial charge in [0, 0.05) is 18.7 Å². The van der Waals surface area contributed by atoms with Crippen LogP contribution >= 0.6 is 0 Å². The zero-order valence-corrected chi connectivity index (χ0v) is 11.6. The van der Waals surface area contributed by atoms with Gasteiger partial charge in [0.15, 0.2) is 9.84 Å². The number of hydrogen-bond acceptors (Lipinski definition) is 5. The highest BCUT2D eigenvalue weighted by atomic mass is 32.2. The lowest BCUT2D eigenvalue weighted by Gasteiger charge is -2.14. The number of carbonyl (C=O) groups is 1. The molecule has 1 atom stereocenters. The van der Waals surface area contributed by atoms with Crippen LogP contribution < -0.4 is 10.5 Å². The molecule has 1 unspecified atom stereocenters. The smallest absolute Gasteiger partial charge is 0.303 e. The Bertz CT molecular complexity index is 567. The Hall–Kier alpha value is -1.60. The molecular formula is C12H17NO5S. The second-order valence-corrected chi connectivity index (χ2v) is 6.21. The summed E-state index contributed by atoms with van der Waals surface area (Å²) in [4.78, 5) is 10.6. The van der Waals surface area contributed by atoms with Crippen molar-refractivity contribution >= 4 is 15.8 Å². The first kappa shape index (κ1) is 15.5. The minimum Gasteiger partial charge on any atom is -0.495 e. The Balaban J connectivity index is 3.03. The summed E-state index contributed by atoms with van der Waals surface area (Å²) in [5.74, 6) is -0.707. The van der Waals surface area contributed by atoms with Crippen molar-refractivity contribution in [2.24, 2.45) is 5.73 Å². The van der Waals surface area contributed by atoms with Crippen LogP contribution in [0.2, 0.25) is 0 Å². The zero-order chi connectivity index (χ0) is 14.6. The van der Waals surface area contributed by atoms with Crippen LogP contribution in [0.15, 0.2) is 23.1 Å². The summed E-state index contributed by atoms with van der Waals surface area (Å²) in [6, 6.07) is 4.05. The fourth-order valence-electron chi connectivity index (χ4n) is 1.67. The maximum absolute atomic E-state index is 11.5. The molecule has 0 saturated heterocycles. The Kier molecular flexibility index (Phi) is 4.90. The number of methoxy groups -OCH3 is 1. The van der Waals surface area contributed by atoms with Crippen LogP contribution in [0.1, 0.15) is 24.4 Å². The highest BCUT2D eigenvalue weighted by Crippen LogP contribution is 2.28. The number of carboxylic acid groups (broad SMARTS) is 1. The molecule has 0 heterocycles. The Labute approximate surface area is 112 Å². The molecule has 1 aromatic rings. The van der Waals surface area contributed by atoms with E-state index >= 15 is 0 Å². The standard InChI is InChI=1S/C12H17NO5S/c1-18-10-7-8(9(13)4-6-12(14)15)3-5-11(10)19(2,16)17/h3,5,7,9H,4,6,13H2,1-2H3,(H,14,15). The molecule has 106 valence electrons. The van der Waals surface area contributed by atoms with E-state index in [4.69, 9.17) is 15.6 Å². The number of carboxylic acids is 1. The van der Waals surface area contributed by atoms with Gasteiger partial charge in [0.2, 0.25) is 0 Å². The summed E-state index contributed by atoms with van der Waals surface area (Å²) in [5, 5.41) is 8.60. The lowest BCUT2D eigenvalue weighted by Crippen LogP contribution is -2.13. The molecule has 0 amide bonds. The third-order valence-corrected chi connectivity index (χ3v) is 3.82. The van der Waals surface area contributed by atoms with E-state index in [0.29, 0.717) is 5.56 Å². The number of sulfone groups is 1. The lowest BCUT2D eigenvalue weighted by molar-refractivity contribution is -0.137. The molecule has 1 aromatic carbocycles. The molecule has 0 bridgehead atoms. The van der Waals surface area contributed by atoms with Gasteiger partial charge < -0.3 is 15.6 Å². The molecule has 0 spiro atoms. The van der Waals surface area contributed by atoms with E-state index in [1.165, 1.54) is 19.2 Å². The van der Waals surface area contributed by atoms with Crippen LogP contribution in [0.4, 0.5) is 0 Å². The fourth-order valence-corrected chi connectivity index (χ4v) is 2.49. The normalized spacial score (nSPS) is 13.0. The van der Waals surface area contributed by atoms with E-state index in [-0.39, 0.29) is 23.5 Å². The molecule has 0 fully saturated rings. The van der Waals surface area contributed by atoms with E-state index < -0.39 is 21.8 Å². The predicted octanol–water partition coefficient (Wildman–Crippen LogP) is 0.963. The zero-order valence-electron chi connectivity index (χ0n) is 10.8. The van der Waals surface area contributed by atoms with Gasteiger partial charge in [-0.25, -0.2) is 8.42 Å². The van der Waals surface area contributed by atoms with Crippen LogP contribution in [0.3, 0.4) is 0 Å². The van der Waals surface area contributed by atoms with Crippen molar-refractivity contribution < 1.29 is 23.1 Å². The van der Waals surface area contributed by atoms with Gasteiger partial charge >= 0.3 is 5.97 Å². The van der Waals surface area contributed by atoms with Crippen molar-refractivity contribution in [3.8, 4) is 5.75 Å². The summed E-state index contributed by atoms with van der Waals surface area (Å²) >= 11 is 0. The van der Waals surface area contributed by atoms with Gasteiger partial charge in [-0.3, -0.25) is 4.79 Å². The summed E-state index contributed by atoms with van der Waals surface area (Å²) in [6.45, 7) is 0. The topological polar surface area (TPSA) is 107 Å². The monoisotopic (exact) mass is 287 g/mol. The second kappa shape index (κ2) is 6.03. The van der Waals surface area contributed by atoms with E-state index in [1.54, 1.807) is 6.07 Å². The van der Waals surface area contributed by atoms with Gasteiger partial charge in [0.05, 0.1) is 7.11 Å². The van der Waals surface area contributed by atoms with E-state index in [0.717, 1.165) is 6.26 Å². The number of ether oxygens (including phenoxy) is 1. The molecule has 0 aliphatic heterocycles. The van der Waals surface area contributed by atoms with Crippen molar-refractivity contribution in [2.75, 3.05) is 13.4 Å². The molecule has 7 heteroatoms. The SMILES string of the molecule is COc1cc(C(N)CCC(=O)O)ccc1S(C)(=O)=O. The highest BCUT2D eigenvalue weighted by Gasteiger charge is 2.17. The average molecular weight is 287 g/mol. The largest absolute Gasteiger partial charge is 0.495 e. The van der Waals surface area contributed by atoms with Crippen molar-refractivity contribution in [3.63, 3.8) is 0 Å². The lowest BCUT2D eigenvalue weighted by atomic mass is 10.0. The summed E-state index contributed by atoms with van der Waals surface area (Å²) in [6.07, 6.45) is 1.32. The van der Waals surface area contributed by atoms with Gasteiger partial charge in [-0.1, -0.05) is 6.07 Å². The maximum atomic E-state index is 11.5. The number of benzene rings is 1. The van der Waals surface area contributed by atoms with E-state index in [9.17, 15) is 13.2 Å². The third-order valence-electron chi connectivity index (χ3n) is 2.68. The van der Waals surface area contributed by atoms with Crippen LogP contribution in [0, 0.1) is 0 Å². The number of rotatable bonds is 6. The number of nitrogens with two attached hydrogens (primary N) is 1. The molecular weight excluding hydrogens is 270 g/mol. The van der Waals surface area contributed by atoms with Crippen molar-refractivity contribution in [2.45, 2.75) is 23.8 Å². The van der Waals surface area contributed by atoms with Crippen LogP contribution in [0.25, 0.3) is 0 Å². The van der Waals surface area contributed by atoms with Crippen molar-refractivity contribution in [1.82, 2.24) is 0 Å². The van der Waals surface area contributed by atoms with Crippen molar-refractivity contribution in [1.29, 1.82) is 0 Å². The first-order chi connectivity index (χ1) is 8.75. The molecule has 0 saturated carbocycles. The highest BCUT2D eigenvalue weighted by molar-refractivity contribution is 7.90. The van der Waals surface area contributed by atoms with Crippen LogP contribution in [-0.4, -0.2) is 32.9 Å². The van der Waals surface area contributed by atoms with Crippen molar-refractivity contribution in [3.05, 3.63) is 23.8 Å². The van der Waals surface area contributed by atoms with Crippen LogP contribution in [0.5, 0.6) is 5.75 Å². The molecule has 0 aliphatic rings. The molecule has 0 radical (unpaired) electrons. The predicted molar refractivity (Wildman–Crippen MR) is 69.9 cm³/mol. The minimum absolute atomic E-state index is 0.0443. The Morgan fingerprint density at radius 2 is 2.11 bits per heavy atom. The van der Waals surface area contributed by atoms with E-state index in [2.05, 4.69) is 0 Å². The van der Waals surface area contributed by atoms with Crippen LogP contribution in [-0.2, 0) is 14.6 Å². The molecule has 19 heavy (non-hydrogen) atoms. The Morgan fingerprint density at radius 1 is 1.47 bits per heavy atom. The maximum Gasteiger partial charge on any atom is 0.303 e. The summed E-state index contributed by atoms with van der Waals surface area (Å²) in [5.41, 5.74) is 6.50. The summed E-state index contributed by atoms with van der Waals surface area (Å²) < 4.78 is 28.1. The van der Waals surface area contributed by atoms with Gasteiger partial charge in [0.1, 0.15) is 10.6 Å². The molecule has 1 rings (SSSR count). The third kappa shape index (κ3) is 4.22. The van der Waals surface area contributed by atoms with Gasteiger partial charge in [-0.05, 0) is 24.1 Å². The minimum atomic E-state index is -3.37. The molecule has 0 aromatic heterocycles. The fraction of sp³-hybridized carbons (Fsp3) is 0.417. The molecule has 3 N–H and O–H groups in total. The quantitative estimate of drug-likeness (QED) is 0.807. The van der Waals surface area contributed by atoms with Gasteiger partial charge in [-0.2, -0.15) is 0 Å². The van der Waals surface area contributed by atoms with E-state index in [1.807, 2.05) is 0 Å². The summed E-state index contributed by atoms with van der Waals surface area (Å²) in [7, 11) is -2.00. The van der Waals surface area contributed by atoms with Gasteiger partial charge in [0.25, 0.3) is 0 Å². The molecule has 6 nitrogen and oxygen atoms in total. The average Bonchev–Trinajstić information content (AvgIpc) is 2.33. The second-order valence-electron chi connectivity index (χ2n) is 4.22. The van der Waals surface area contributed by atoms with Gasteiger partial charge in [-0.15, -0.1) is 0 Å². The Morgan fingerprint density at radius 3 is 2.58 bits per heavy atom.